The molecule has 0 aromatic carbocycles. The number of carbonyl (C=O) groups excluding carboxylic acids is 2. The molecule has 9 nitrogen and oxygen atoms in total. The Morgan fingerprint density at radius 3 is 2.40 bits per heavy atom. The minimum absolute atomic E-state index is 0.0550. The van der Waals surface area contributed by atoms with Gasteiger partial charge in [0, 0.05) is 19.9 Å². The van der Waals surface area contributed by atoms with Crippen molar-refractivity contribution in [2.45, 2.75) is 77.7 Å². The monoisotopic (exact) mass is 451 g/mol. The standard InChI is InChI=1S/C20H38NO8P/c1-3-4-5-6-7-8-9-10-11-12-13-20(24)27-16-19(23)17-29-30(25,26)28-15-14-21-18(2)22/h5-6,19,23H,3-4,7-17H2,1-2H3,(H,21,22)(H,25,26)/b6-5-. The summed E-state index contributed by atoms with van der Waals surface area (Å²) < 4.78 is 25.8. The van der Waals surface area contributed by atoms with Crippen LogP contribution < -0.4 is 5.32 Å². The second-order valence-corrected chi connectivity index (χ2v) is 8.44. The second-order valence-electron chi connectivity index (χ2n) is 6.98. The van der Waals surface area contributed by atoms with Crippen molar-refractivity contribution in [3.05, 3.63) is 12.2 Å². The van der Waals surface area contributed by atoms with Gasteiger partial charge >= 0.3 is 13.8 Å². The van der Waals surface area contributed by atoms with E-state index in [1.54, 1.807) is 0 Å². The zero-order valence-electron chi connectivity index (χ0n) is 18.2. The fourth-order valence-corrected chi connectivity index (χ4v) is 3.14. The first-order chi connectivity index (χ1) is 14.3. The fraction of sp³-hybridized carbons (Fsp3) is 0.800. The van der Waals surface area contributed by atoms with E-state index in [1.165, 1.54) is 13.3 Å². The zero-order chi connectivity index (χ0) is 22.7. The average Bonchev–Trinajstić information content (AvgIpc) is 2.69. The lowest BCUT2D eigenvalue weighted by atomic mass is 10.1. The summed E-state index contributed by atoms with van der Waals surface area (Å²) in [6.45, 7) is 2.46. The molecule has 0 spiro atoms. The van der Waals surface area contributed by atoms with E-state index >= 15 is 0 Å². The van der Waals surface area contributed by atoms with Crippen molar-refractivity contribution in [1.82, 2.24) is 5.32 Å². The van der Waals surface area contributed by atoms with Crippen LogP contribution in [0.1, 0.15) is 71.6 Å². The number of hydrogen-bond donors (Lipinski definition) is 3. The van der Waals surface area contributed by atoms with Crippen molar-refractivity contribution < 1.29 is 37.9 Å². The number of carbonyl (C=O) groups is 2. The molecule has 0 aliphatic heterocycles. The van der Waals surface area contributed by atoms with Gasteiger partial charge in [-0.2, -0.15) is 0 Å². The molecule has 0 heterocycles. The van der Waals surface area contributed by atoms with Crippen LogP contribution in [0.5, 0.6) is 0 Å². The quantitative estimate of drug-likeness (QED) is 0.118. The third-order valence-corrected chi connectivity index (χ3v) is 4.96. The van der Waals surface area contributed by atoms with E-state index in [-0.39, 0.29) is 32.1 Å². The van der Waals surface area contributed by atoms with Crippen LogP contribution in [0.4, 0.5) is 0 Å². The number of phosphoric ester groups is 1. The van der Waals surface area contributed by atoms with E-state index in [1.807, 2.05) is 0 Å². The highest BCUT2D eigenvalue weighted by Crippen LogP contribution is 2.42. The first kappa shape index (κ1) is 28.8. The highest BCUT2D eigenvalue weighted by Gasteiger charge is 2.23. The van der Waals surface area contributed by atoms with Crippen LogP contribution in [0.25, 0.3) is 0 Å². The van der Waals surface area contributed by atoms with Crippen molar-refractivity contribution in [2.75, 3.05) is 26.4 Å². The topological polar surface area (TPSA) is 131 Å². The fourth-order valence-electron chi connectivity index (χ4n) is 2.38. The Morgan fingerprint density at radius 1 is 1.03 bits per heavy atom. The van der Waals surface area contributed by atoms with Crippen molar-refractivity contribution in [3.63, 3.8) is 0 Å². The molecule has 2 unspecified atom stereocenters. The van der Waals surface area contributed by atoms with Gasteiger partial charge in [-0.05, 0) is 25.7 Å². The Hall–Kier alpha value is -1.25. The number of amides is 1. The second kappa shape index (κ2) is 18.5. The molecule has 2 atom stereocenters. The predicted molar refractivity (Wildman–Crippen MR) is 114 cm³/mol. The molecule has 10 heteroatoms. The molecule has 0 aromatic rings. The lowest BCUT2D eigenvalue weighted by molar-refractivity contribution is -0.147. The average molecular weight is 451 g/mol. The molecule has 0 bridgehead atoms. The minimum Gasteiger partial charge on any atom is -0.463 e. The van der Waals surface area contributed by atoms with Gasteiger partial charge in [0.1, 0.15) is 12.7 Å². The summed E-state index contributed by atoms with van der Waals surface area (Å²) in [4.78, 5) is 31.8. The summed E-state index contributed by atoms with van der Waals surface area (Å²) in [5.74, 6) is -0.713. The Morgan fingerprint density at radius 2 is 1.70 bits per heavy atom. The number of ether oxygens (including phenoxy) is 1. The van der Waals surface area contributed by atoms with Crippen LogP contribution in [0, 0.1) is 0 Å². The molecule has 0 rings (SSSR count). The van der Waals surface area contributed by atoms with Crippen molar-refractivity contribution in [1.29, 1.82) is 0 Å². The highest BCUT2D eigenvalue weighted by molar-refractivity contribution is 7.47. The molecule has 0 aliphatic rings. The first-order valence-corrected chi connectivity index (χ1v) is 12.1. The van der Waals surface area contributed by atoms with Gasteiger partial charge in [0.15, 0.2) is 0 Å². The Kier molecular flexibility index (Phi) is 17.7. The van der Waals surface area contributed by atoms with Crippen molar-refractivity contribution in [2.24, 2.45) is 0 Å². The van der Waals surface area contributed by atoms with Crippen LogP contribution in [0.3, 0.4) is 0 Å². The Bertz CT molecular complexity index is 541. The zero-order valence-corrected chi connectivity index (χ0v) is 19.1. The Labute approximate surface area is 179 Å². The molecule has 0 fully saturated rings. The third kappa shape index (κ3) is 20.0. The molecule has 1 amide bonds. The number of nitrogens with one attached hydrogen (secondary N) is 1. The smallest absolute Gasteiger partial charge is 0.463 e. The van der Waals surface area contributed by atoms with Crippen LogP contribution in [-0.2, 0) is 27.9 Å². The lowest BCUT2D eigenvalue weighted by Gasteiger charge is -2.15. The molecule has 176 valence electrons. The maximum Gasteiger partial charge on any atom is 0.472 e. The number of hydrogen-bond acceptors (Lipinski definition) is 7. The molecule has 0 aromatic heterocycles. The molecular weight excluding hydrogens is 413 g/mol. The van der Waals surface area contributed by atoms with Gasteiger partial charge in [0.05, 0.1) is 13.2 Å². The van der Waals surface area contributed by atoms with E-state index in [2.05, 4.69) is 33.4 Å². The van der Waals surface area contributed by atoms with Gasteiger partial charge in [0.2, 0.25) is 5.91 Å². The predicted octanol–water partition coefficient (Wildman–Crippen LogP) is 3.25. The van der Waals surface area contributed by atoms with Gasteiger partial charge in [-0.15, -0.1) is 0 Å². The van der Waals surface area contributed by atoms with Crippen LogP contribution >= 0.6 is 7.82 Å². The van der Waals surface area contributed by atoms with Gasteiger partial charge in [0.25, 0.3) is 0 Å². The lowest BCUT2D eigenvalue weighted by Crippen LogP contribution is -2.25. The number of unbranched alkanes of at least 4 members (excludes halogenated alkanes) is 6. The first-order valence-electron chi connectivity index (χ1n) is 10.6. The molecule has 0 radical (unpaired) electrons. The molecule has 0 saturated carbocycles. The molecule has 3 N–H and O–H groups in total. The molecule has 0 aliphatic carbocycles. The van der Waals surface area contributed by atoms with E-state index in [4.69, 9.17) is 4.74 Å². The number of aliphatic hydroxyl groups excluding tert-OH is 1. The summed E-state index contributed by atoms with van der Waals surface area (Å²) in [7, 11) is -4.35. The van der Waals surface area contributed by atoms with Crippen LogP contribution in [0.2, 0.25) is 0 Å². The molecular formula is C20H38NO8P. The molecule has 0 saturated heterocycles. The summed E-state index contributed by atoms with van der Waals surface area (Å²) in [5.41, 5.74) is 0. The van der Waals surface area contributed by atoms with Gasteiger partial charge in [-0.3, -0.25) is 18.6 Å². The maximum atomic E-state index is 11.7. The normalized spacial score (nSPS) is 14.4. The number of aliphatic hydroxyl groups is 1. The number of allylic oxidation sites excluding steroid dienone is 2. The largest absolute Gasteiger partial charge is 0.472 e. The van der Waals surface area contributed by atoms with E-state index < -0.39 is 26.5 Å². The van der Waals surface area contributed by atoms with Crippen LogP contribution in [-0.4, -0.2) is 54.3 Å². The van der Waals surface area contributed by atoms with Crippen LogP contribution in [0.15, 0.2) is 12.2 Å². The van der Waals surface area contributed by atoms with E-state index in [0.29, 0.717) is 0 Å². The summed E-state index contributed by atoms with van der Waals surface area (Å²) in [5, 5.41) is 12.1. The third-order valence-electron chi connectivity index (χ3n) is 3.97. The number of phosphoric acid groups is 1. The van der Waals surface area contributed by atoms with Gasteiger partial charge in [-0.1, -0.05) is 44.8 Å². The SMILES string of the molecule is CCC/C=C\CCCCCCCC(=O)OCC(O)COP(=O)(O)OCCNC(C)=O. The maximum absolute atomic E-state index is 11.7. The van der Waals surface area contributed by atoms with Gasteiger partial charge in [-0.25, -0.2) is 4.57 Å². The summed E-state index contributed by atoms with van der Waals surface area (Å²) in [6, 6.07) is 0. The number of rotatable bonds is 19. The highest BCUT2D eigenvalue weighted by atomic mass is 31.2. The van der Waals surface area contributed by atoms with Crippen molar-refractivity contribution >= 4 is 19.7 Å². The minimum atomic E-state index is -4.35. The summed E-state index contributed by atoms with van der Waals surface area (Å²) >= 11 is 0. The summed E-state index contributed by atoms with van der Waals surface area (Å²) in [6.07, 6.45) is 11.9. The Balaban J connectivity index is 3.66. The number of esters is 1. The van der Waals surface area contributed by atoms with Crippen molar-refractivity contribution in [3.8, 4) is 0 Å². The van der Waals surface area contributed by atoms with Gasteiger partial charge < -0.3 is 20.1 Å². The molecule has 30 heavy (non-hydrogen) atoms. The van der Waals surface area contributed by atoms with E-state index in [0.717, 1.165) is 44.9 Å². The van der Waals surface area contributed by atoms with E-state index in [9.17, 15) is 24.2 Å².